The summed E-state index contributed by atoms with van der Waals surface area (Å²) < 4.78 is 1.79. The molecule has 0 radical (unpaired) electrons. The van der Waals surface area contributed by atoms with Crippen molar-refractivity contribution >= 4 is 16.6 Å². The molecule has 1 aromatic carbocycles. The molecule has 0 unspecified atom stereocenters. The summed E-state index contributed by atoms with van der Waals surface area (Å²) in [5.74, 6) is 0.682. The fourth-order valence-electron chi connectivity index (χ4n) is 4.84. The summed E-state index contributed by atoms with van der Waals surface area (Å²) >= 11 is 0. The predicted octanol–water partition coefficient (Wildman–Crippen LogP) is 3.26. The van der Waals surface area contributed by atoms with Gasteiger partial charge in [-0.05, 0) is 49.8 Å². The lowest BCUT2D eigenvalue weighted by molar-refractivity contribution is 0.148. The van der Waals surface area contributed by atoms with Crippen LogP contribution in [0.1, 0.15) is 44.9 Å². The average molecular weight is 367 g/mol. The number of rotatable bonds is 4. The van der Waals surface area contributed by atoms with Gasteiger partial charge in [-0.15, -0.1) is 0 Å². The topological polar surface area (TPSA) is 41.4 Å². The summed E-state index contributed by atoms with van der Waals surface area (Å²) in [6, 6.07) is 7.01. The van der Waals surface area contributed by atoms with Crippen molar-refractivity contribution < 1.29 is 0 Å². The molecule has 5 rings (SSSR count). The first-order valence-electron chi connectivity index (χ1n) is 10.8. The van der Waals surface area contributed by atoms with Gasteiger partial charge in [-0.3, -0.25) is 14.3 Å². The second kappa shape index (κ2) is 7.27. The number of aromatic nitrogens is 2. The van der Waals surface area contributed by atoms with Crippen molar-refractivity contribution in [3.8, 4) is 0 Å². The van der Waals surface area contributed by atoms with Gasteiger partial charge in [0.2, 0.25) is 0 Å². The maximum atomic E-state index is 12.7. The highest BCUT2D eigenvalue weighted by Crippen LogP contribution is 2.30. The van der Waals surface area contributed by atoms with Crippen LogP contribution in [0.15, 0.2) is 29.3 Å². The Balaban J connectivity index is 1.30. The molecule has 0 bridgehead atoms. The third-order valence-electron chi connectivity index (χ3n) is 6.73. The molecule has 1 aliphatic heterocycles. The number of fused-ring (bicyclic) bond motifs is 1. The molecule has 2 heterocycles. The molecule has 2 aliphatic carbocycles. The van der Waals surface area contributed by atoms with E-state index in [1.807, 2.05) is 6.07 Å². The third kappa shape index (κ3) is 3.62. The van der Waals surface area contributed by atoms with Crippen LogP contribution in [0.25, 0.3) is 10.9 Å². The number of nitrogens with zero attached hydrogens (tertiary/aromatic N) is 4. The molecule has 0 spiro atoms. The Morgan fingerprint density at radius 1 is 0.963 bits per heavy atom. The van der Waals surface area contributed by atoms with E-state index in [4.69, 9.17) is 0 Å². The van der Waals surface area contributed by atoms with E-state index in [-0.39, 0.29) is 5.56 Å². The Morgan fingerprint density at radius 3 is 2.48 bits per heavy atom. The van der Waals surface area contributed by atoms with Crippen molar-refractivity contribution in [2.24, 2.45) is 5.92 Å². The fourth-order valence-corrected chi connectivity index (χ4v) is 4.84. The number of hydrogen-bond donors (Lipinski definition) is 0. The molecule has 5 nitrogen and oxygen atoms in total. The molecule has 27 heavy (non-hydrogen) atoms. The van der Waals surface area contributed by atoms with Gasteiger partial charge in [0.15, 0.2) is 0 Å². The fraction of sp³-hybridized carbons (Fsp3) is 0.636. The first-order chi connectivity index (χ1) is 13.3. The molecule has 1 aromatic heterocycles. The molecule has 0 amide bonds. The molecule has 1 saturated heterocycles. The van der Waals surface area contributed by atoms with E-state index in [0.29, 0.717) is 5.92 Å². The standard InChI is InChI=1S/C22H30N4O/c27-22-20-9-8-19(14-21(20)23-16-26(22)15-17-6-7-17)25-12-10-24(11-13-25)18-4-2-1-3-5-18/h8-9,14,16-18H,1-7,10-13,15H2. The number of benzene rings is 1. The van der Waals surface area contributed by atoms with Crippen LogP contribution < -0.4 is 10.5 Å². The number of hydrogen-bond acceptors (Lipinski definition) is 4. The van der Waals surface area contributed by atoms with Gasteiger partial charge in [0.25, 0.3) is 5.56 Å². The molecule has 3 fully saturated rings. The van der Waals surface area contributed by atoms with E-state index in [2.05, 4.69) is 26.9 Å². The SMILES string of the molecule is O=c1c2ccc(N3CCN(C4CCCCC4)CC3)cc2ncn1CC1CC1. The quantitative estimate of drug-likeness (QED) is 0.833. The van der Waals surface area contributed by atoms with E-state index < -0.39 is 0 Å². The normalized spacial score (nSPS) is 22.4. The monoisotopic (exact) mass is 366 g/mol. The molecule has 0 atom stereocenters. The minimum Gasteiger partial charge on any atom is -0.369 e. The molecule has 2 aromatic rings. The van der Waals surface area contributed by atoms with Gasteiger partial charge >= 0.3 is 0 Å². The zero-order chi connectivity index (χ0) is 18.2. The maximum absolute atomic E-state index is 12.7. The Labute approximate surface area is 161 Å². The molecular formula is C22H30N4O. The van der Waals surface area contributed by atoms with Crippen LogP contribution in [0, 0.1) is 5.92 Å². The van der Waals surface area contributed by atoms with Crippen LogP contribution >= 0.6 is 0 Å². The molecule has 5 heteroatoms. The largest absolute Gasteiger partial charge is 0.369 e. The highest BCUT2D eigenvalue weighted by Gasteiger charge is 2.26. The lowest BCUT2D eigenvalue weighted by atomic mass is 9.94. The Hall–Kier alpha value is -1.88. The van der Waals surface area contributed by atoms with Gasteiger partial charge in [0.05, 0.1) is 17.2 Å². The Kier molecular flexibility index (Phi) is 4.64. The van der Waals surface area contributed by atoms with Gasteiger partial charge in [0, 0.05) is 44.5 Å². The van der Waals surface area contributed by atoms with E-state index in [9.17, 15) is 4.79 Å². The van der Waals surface area contributed by atoms with E-state index >= 15 is 0 Å². The van der Waals surface area contributed by atoms with Gasteiger partial charge in [-0.2, -0.15) is 0 Å². The third-order valence-corrected chi connectivity index (χ3v) is 6.73. The smallest absolute Gasteiger partial charge is 0.261 e. The summed E-state index contributed by atoms with van der Waals surface area (Å²) in [6.07, 6.45) is 11.2. The first kappa shape index (κ1) is 17.2. The lowest BCUT2D eigenvalue weighted by Crippen LogP contribution is -2.50. The van der Waals surface area contributed by atoms with Crippen molar-refractivity contribution in [3.05, 3.63) is 34.9 Å². The lowest BCUT2D eigenvalue weighted by Gasteiger charge is -2.41. The minimum atomic E-state index is 0.112. The van der Waals surface area contributed by atoms with Gasteiger partial charge in [0.1, 0.15) is 0 Å². The van der Waals surface area contributed by atoms with Crippen LogP contribution in [0.4, 0.5) is 5.69 Å². The molecule has 0 N–H and O–H groups in total. The van der Waals surface area contributed by atoms with Crippen LogP contribution in [0.3, 0.4) is 0 Å². The highest BCUT2D eigenvalue weighted by molar-refractivity contribution is 5.81. The zero-order valence-electron chi connectivity index (χ0n) is 16.1. The van der Waals surface area contributed by atoms with Crippen LogP contribution in [-0.4, -0.2) is 46.7 Å². The van der Waals surface area contributed by atoms with Gasteiger partial charge in [-0.1, -0.05) is 19.3 Å². The summed E-state index contributed by atoms with van der Waals surface area (Å²) in [7, 11) is 0. The Morgan fingerprint density at radius 2 is 1.74 bits per heavy atom. The van der Waals surface area contributed by atoms with Gasteiger partial charge in [-0.25, -0.2) is 4.98 Å². The summed E-state index contributed by atoms with van der Waals surface area (Å²) in [6.45, 7) is 5.27. The van der Waals surface area contributed by atoms with Gasteiger partial charge < -0.3 is 4.90 Å². The van der Waals surface area contributed by atoms with Crippen LogP contribution in [0.2, 0.25) is 0 Å². The van der Waals surface area contributed by atoms with Crippen molar-refractivity contribution in [2.45, 2.75) is 57.5 Å². The second-order valence-electron chi connectivity index (χ2n) is 8.66. The molecule has 2 saturated carbocycles. The van der Waals surface area contributed by atoms with E-state index in [1.54, 1.807) is 10.9 Å². The molecule has 3 aliphatic rings. The average Bonchev–Trinajstić information content (AvgIpc) is 3.55. The van der Waals surface area contributed by atoms with E-state index in [1.165, 1.54) is 50.6 Å². The summed E-state index contributed by atoms with van der Waals surface area (Å²) in [5.41, 5.74) is 2.15. The van der Waals surface area contributed by atoms with Crippen LogP contribution in [-0.2, 0) is 6.54 Å². The summed E-state index contributed by atoms with van der Waals surface area (Å²) in [5, 5.41) is 0.753. The second-order valence-corrected chi connectivity index (χ2v) is 8.66. The molecular weight excluding hydrogens is 336 g/mol. The molecule has 144 valence electrons. The van der Waals surface area contributed by atoms with Crippen molar-refractivity contribution in [1.82, 2.24) is 14.5 Å². The summed E-state index contributed by atoms with van der Waals surface area (Å²) in [4.78, 5) is 22.4. The van der Waals surface area contributed by atoms with Crippen molar-refractivity contribution in [1.29, 1.82) is 0 Å². The Bertz CT molecular complexity index is 858. The first-order valence-corrected chi connectivity index (χ1v) is 10.8. The number of anilines is 1. The number of piperazine rings is 1. The van der Waals surface area contributed by atoms with Crippen molar-refractivity contribution in [3.63, 3.8) is 0 Å². The predicted molar refractivity (Wildman–Crippen MR) is 109 cm³/mol. The van der Waals surface area contributed by atoms with E-state index in [0.717, 1.165) is 49.7 Å². The highest BCUT2D eigenvalue weighted by atomic mass is 16.1. The van der Waals surface area contributed by atoms with Crippen LogP contribution in [0.5, 0.6) is 0 Å². The minimum absolute atomic E-state index is 0.112. The zero-order valence-corrected chi connectivity index (χ0v) is 16.1. The van der Waals surface area contributed by atoms with Crippen molar-refractivity contribution in [2.75, 3.05) is 31.1 Å². The maximum Gasteiger partial charge on any atom is 0.261 e.